The largest absolute Gasteiger partial charge is 0.439 e. The van der Waals surface area contributed by atoms with Gasteiger partial charge in [0.25, 0.3) is 0 Å². The van der Waals surface area contributed by atoms with Crippen LogP contribution < -0.4 is 4.74 Å². The van der Waals surface area contributed by atoms with Gasteiger partial charge in [-0.25, -0.2) is 4.98 Å². The Hall–Kier alpha value is -0.970. The number of benzene rings is 1. The maximum atomic E-state index is 6.07. The van der Waals surface area contributed by atoms with Crippen molar-refractivity contribution in [1.82, 2.24) is 9.97 Å². The van der Waals surface area contributed by atoms with E-state index in [2.05, 4.69) is 9.97 Å². The molecular formula is C13H12Cl2N2OS. The smallest absolute Gasteiger partial charge is 0.224 e. The average molecular weight is 315 g/mol. The molecule has 0 fully saturated rings. The van der Waals surface area contributed by atoms with Gasteiger partial charge in [0.05, 0.1) is 0 Å². The number of thioether (sulfide) groups is 1. The molecule has 3 nitrogen and oxygen atoms in total. The van der Waals surface area contributed by atoms with Gasteiger partial charge in [-0.3, -0.25) is 0 Å². The number of hydrogen-bond acceptors (Lipinski definition) is 4. The topological polar surface area (TPSA) is 35.0 Å². The van der Waals surface area contributed by atoms with E-state index in [1.54, 1.807) is 12.1 Å². The van der Waals surface area contributed by atoms with Gasteiger partial charge >= 0.3 is 0 Å². The second-order valence-electron chi connectivity index (χ2n) is 3.72. The molecule has 0 aliphatic heterocycles. The second-order valence-corrected chi connectivity index (χ2v) is 5.29. The minimum Gasteiger partial charge on any atom is -0.439 e. The summed E-state index contributed by atoms with van der Waals surface area (Å²) in [5.41, 5.74) is 1.03. The van der Waals surface area contributed by atoms with Crippen LogP contribution in [-0.4, -0.2) is 16.2 Å². The van der Waals surface area contributed by atoms with E-state index in [1.165, 1.54) is 11.8 Å². The van der Waals surface area contributed by atoms with E-state index < -0.39 is 0 Å². The summed E-state index contributed by atoms with van der Waals surface area (Å²) in [5, 5.41) is 1.67. The van der Waals surface area contributed by atoms with Crippen LogP contribution in [0.5, 0.6) is 11.6 Å². The predicted molar refractivity (Wildman–Crippen MR) is 79.7 cm³/mol. The first-order valence-electron chi connectivity index (χ1n) is 5.67. The zero-order chi connectivity index (χ0) is 13.8. The highest BCUT2D eigenvalue weighted by molar-refractivity contribution is 7.98. The standard InChI is InChI=1S/C13H12Cl2N2OS/c1-3-8-6-9(4-5-10(8)14)18-12-7-11(15)16-13(17-12)19-2/h4-7H,3H2,1-2H3. The summed E-state index contributed by atoms with van der Waals surface area (Å²) in [4.78, 5) is 8.30. The fourth-order valence-electron chi connectivity index (χ4n) is 1.53. The second kappa shape index (κ2) is 6.46. The molecule has 0 unspecified atom stereocenters. The summed E-state index contributed by atoms with van der Waals surface area (Å²) in [6.07, 6.45) is 2.73. The summed E-state index contributed by atoms with van der Waals surface area (Å²) in [7, 11) is 0. The fraction of sp³-hybridized carbons (Fsp3) is 0.231. The van der Waals surface area contributed by atoms with Gasteiger partial charge in [0.15, 0.2) is 5.16 Å². The van der Waals surface area contributed by atoms with Crippen molar-refractivity contribution in [3.63, 3.8) is 0 Å². The zero-order valence-corrected chi connectivity index (χ0v) is 12.8. The molecule has 1 heterocycles. The van der Waals surface area contributed by atoms with Crippen LogP contribution in [0.15, 0.2) is 29.4 Å². The maximum absolute atomic E-state index is 6.07. The first-order valence-corrected chi connectivity index (χ1v) is 7.65. The van der Waals surface area contributed by atoms with Crippen molar-refractivity contribution < 1.29 is 4.74 Å². The maximum Gasteiger partial charge on any atom is 0.224 e. The molecule has 0 N–H and O–H groups in total. The van der Waals surface area contributed by atoms with Gasteiger partial charge in [-0.15, -0.1) is 0 Å². The van der Waals surface area contributed by atoms with E-state index in [0.717, 1.165) is 17.0 Å². The molecule has 1 aromatic heterocycles. The Morgan fingerprint density at radius 2 is 2.00 bits per heavy atom. The van der Waals surface area contributed by atoms with E-state index in [9.17, 15) is 0 Å². The minimum atomic E-state index is 0.360. The molecule has 0 radical (unpaired) electrons. The van der Waals surface area contributed by atoms with Crippen molar-refractivity contribution >= 4 is 35.0 Å². The SMILES string of the molecule is CCc1cc(Oc2cc(Cl)nc(SC)n2)ccc1Cl. The van der Waals surface area contributed by atoms with Crippen molar-refractivity contribution in [3.8, 4) is 11.6 Å². The van der Waals surface area contributed by atoms with Crippen LogP contribution in [0.3, 0.4) is 0 Å². The van der Waals surface area contributed by atoms with Gasteiger partial charge in [-0.2, -0.15) is 4.98 Å². The Morgan fingerprint density at radius 3 is 2.68 bits per heavy atom. The van der Waals surface area contributed by atoms with Gasteiger partial charge in [0.1, 0.15) is 10.9 Å². The summed E-state index contributed by atoms with van der Waals surface area (Å²) < 4.78 is 5.69. The van der Waals surface area contributed by atoms with Crippen molar-refractivity contribution in [2.45, 2.75) is 18.5 Å². The van der Waals surface area contributed by atoms with Gasteiger partial charge in [0, 0.05) is 11.1 Å². The van der Waals surface area contributed by atoms with E-state index >= 15 is 0 Å². The first kappa shape index (κ1) is 14.4. The Bertz CT molecular complexity index is 593. The molecule has 0 aliphatic rings. The Balaban J connectivity index is 2.28. The number of rotatable bonds is 4. The Labute approximate surface area is 126 Å². The number of halogens is 2. The lowest BCUT2D eigenvalue weighted by atomic mass is 10.1. The number of aromatic nitrogens is 2. The summed E-state index contributed by atoms with van der Waals surface area (Å²) >= 11 is 13.4. The highest BCUT2D eigenvalue weighted by Crippen LogP contribution is 2.27. The third kappa shape index (κ3) is 3.75. The molecule has 0 saturated heterocycles. The predicted octanol–water partition coefficient (Wildman–Crippen LogP) is 4.86. The van der Waals surface area contributed by atoms with Crippen LogP contribution in [0.25, 0.3) is 0 Å². The van der Waals surface area contributed by atoms with E-state index in [-0.39, 0.29) is 0 Å². The van der Waals surface area contributed by atoms with Crippen molar-refractivity contribution in [1.29, 1.82) is 0 Å². The Kier molecular flexibility index (Phi) is 4.91. The molecular weight excluding hydrogens is 303 g/mol. The van der Waals surface area contributed by atoms with Gasteiger partial charge in [0.2, 0.25) is 5.88 Å². The molecule has 1 aromatic carbocycles. The highest BCUT2D eigenvalue weighted by Gasteiger charge is 2.06. The quantitative estimate of drug-likeness (QED) is 0.458. The Morgan fingerprint density at radius 1 is 1.21 bits per heavy atom. The lowest BCUT2D eigenvalue weighted by molar-refractivity contribution is 0.455. The molecule has 2 rings (SSSR count). The monoisotopic (exact) mass is 314 g/mol. The molecule has 0 amide bonds. The van der Waals surface area contributed by atoms with E-state index in [4.69, 9.17) is 27.9 Å². The van der Waals surface area contributed by atoms with Crippen LogP contribution in [-0.2, 0) is 6.42 Å². The number of ether oxygens (including phenoxy) is 1. The van der Waals surface area contributed by atoms with Crippen LogP contribution in [0.1, 0.15) is 12.5 Å². The lowest BCUT2D eigenvalue weighted by Crippen LogP contribution is -1.93. The molecule has 0 saturated carbocycles. The number of nitrogens with zero attached hydrogens (tertiary/aromatic N) is 2. The van der Waals surface area contributed by atoms with Crippen molar-refractivity contribution in [2.24, 2.45) is 0 Å². The molecule has 0 bridgehead atoms. The van der Waals surface area contributed by atoms with E-state index in [0.29, 0.717) is 21.9 Å². The molecule has 0 atom stereocenters. The molecule has 19 heavy (non-hydrogen) atoms. The first-order chi connectivity index (χ1) is 9.12. The summed E-state index contributed by atoms with van der Waals surface area (Å²) in [5.74, 6) is 1.11. The molecule has 6 heteroatoms. The fourth-order valence-corrected chi connectivity index (χ4v) is 2.37. The van der Waals surface area contributed by atoms with Crippen LogP contribution in [0, 0.1) is 0 Å². The van der Waals surface area contributed by atoms with Crippen LogP contribution in [0.4, 0.5) is 0 Å². The third-order valence-electron chi connectivity index (χ3n) is 2.45. The third-order valence-corrected chi connectivity index (χ3v) is 3.56. The van der Waals surface area contributed by atoms with E-state index in [1.807, 2.05) is 25.3 Å². The van der Waals surface area contributed by atoms with Crippen LogP contribution >= 0.6 is 35.0 Å². The number of hydrogen-bond donors (Lipinski definition) is 0. The summed E-state index contributed by atoms with van der Waals surface area (Å²) in [6.45, 7) is 2.04. The average Bonchev–Trinajstić information content (AvgIpc) is 2.40. The molecule has 2 aromatic rings. The molecule has 0 spiro atoms. The van der Waals surface area contributed by atoms with Crippen molar-refractivity contribution in [3.05, 3.63) is 40.0 Å². The lowest BCUT2D eigenvalue weighted by Gasteiger charge is -2.08. The number of aryl methyl sites for hydroxylation is 1. The van der Waals surface area contributed by atoms with Crippen molar-refractivity contribution in [2.75, 3.05) is 6.26 Å². The van der Waals surface area contributed by atoms with Gasteiger partial charge in [-0.1, -0.05) is 41.9 Å². The summed E-state index contributed by atoms with van der Waals surface area (Å²) in [6, 6.07) is 7.10. The molecule has 0 aliphatic carbocycles. The van der Waals surface area contributed by atoms with Crippen LogP contribution in [0.2, 0.25) is 10.2 Å². The van der Waals surface area contributed by atoms with Gasteiger partial charge < -0.3 is 4.74 Å². The normalized spacial score (nSPS) is 10.5. The minimum absolute atomic E-state index is 0.360. The molecule has 100 valence electrons. The zero-order valence-electron chi connectivity index (χ0n) is 10.5. The van der Waals surface area contributed by atoms with Gasteiger partial charge in [-0.05, 0) is 36.4 Å². The highest BCUT2D eigenvalue weighted by atomic mass is 35.5.